The van der Waals surface area contributed by atoms with Gasteiger partial charge in [0.15, 0.2) is 5.82 Å². The van der Waals surface area contributed by atoms with E-state index in [1.54, 1.807) is 4.68 Å². The molecule has 1 N–H and O–H groups in total. The van der Waals surface area contributed by atoms with E-state index < -0.39 is 8.07 Å². The van der Waals surface area contributed by atoms with Crippen LogP contribution in [0.25, 0.3) is 11.0 Å². The van der Waals surface area contributed by atoms with Gasteiger partial charge in [0.05, 0.1) is 5.56 Å². The molecule has 0 radical (unpaired) electrons. The molecule has 0 atom stereocenters. The minimum Gasteiger partial charge on any atom is -0.361 e. The Bertz CT molecular complexity index is 1070. The molecule has 0 aliphatic heterocycles. The van der Waals surface area contributed by atoms with E-state index in [4.69, 9.17) is 9.72 Å². The van der Waals surface area contributed by atoms with Crippen LogP contribution in [0.4, 0.5) is 11.6 Å². The molecule has 1 aliphatic rings. The number of nitrogens with zero attached hydrogens (tertiary/aromatic N) is 5. The van der Waals surface area contributed by atoms with Crippen LogP contribution in [-0.2, 0) is 18.5 Å². The van der Waals surface area contributed by atoms with Gasteiger partial charge in [0, 0.05) is 45.6 Å². The number of aromatic nitrogens is 4. The van der Waals surface area contributed by atoms with Gasteiger partial charge in [-0.15, -0.1) is 0 Å². The molecular formula is C21H28N6OSi. The van der Waals surface area contributed by atoms with E-state index in [1.807, 2.05) is 30.1 Å². The Labute approximate surface area is 172 Å². The third-order valence-corrected chi connectivity index (χ3v) is 6.90. The Morgan fingerprint density at radius 1 is 1.31 bits per heavy atom. The largest absolute Gasteiger partial charge is 0.361 e. The number of pyridine rings is 1. The molecule has 3 heterocycles. The third-order valence-electron chi connectivity index (χ3n) is 5.19. The van der Waals surface area contributed by atoms with Crippen molar-refractivity contribution in [1.29, 1.82) is 5.26 Å². The smallest absolute Gasteiger partial charge is 0.153 e. The van der Waals surface area contributed by atoms with Crippen LogP contribution in [0.2, 0.25) is 25.7 Å². The molecule has 3 aromatic heterocycles. The van der Waals surface area contributed by atoms with Gasteiger partial charge in [0.25, 0.3) is 0 Å². The van der Waals surface area contributed by atoms with Crippen molar-refractivity contribution >= 4 is 30.7 Å². The normalized spacial score (nSPS) is 14.3. The molecule has 3 aromatic rings. The Morgan fingerprint density at radius 2 is 2.10 bits per heavy atom. The first-order chi connectivity index (χ1) is 13.8. The fraction of sp³-hybridized carbons (Fsp3) is 0.476. The van der Waals surface area contributed by atoms with Gasteiger partial charge in [-0.25, -0.2) is 4.98 Å². The van der Waals surface area contributed by atoms with Gasteiger partial charge in [0.1, 0.15) is 24.3 Å². The first-order valence-corrected chi connectivity index (χ1v) is 13.8. The zero-order valence-electron chi connectivity index (χ0n) is 17.6. The van der Waals surface area contributed by atoms with Gasteiger partial charge in [-0.05, 0) is 36.4 Å². The van der Waals surface area contributed by atoms with Gasteiger partial charge in [0.2, 0.25) is 0 Å². The first-order valence-electron chi connectivity index (χ1n) is 10.1. The number of hydrogen-bond acceptors (Lipinski definition) is 5. The van der Waals surface area contributed by atoms with Crippen molar-refractivity contribution in [2.75, 3.05) is 11.9 Å². The number of aryl methyl sites for hydroxylation is 1. The summed E-state index contributed by atoms with van der Waals surface area (Å²) in [6.07, 6.45) is 6.09. The van der Waals surface area contributed by atoms with Crippen molar-refractivity contribution in [3.8, 4) is 6.07 Å². The maximum absolute atomic E-state index is 9.71. The second kappa shape index (κ2) is 7.65. The number of hydrogen-bond donors (Lipinski definition) is 1. The average molecular weight is 409 g/mol. The van der Waals surface area contributed by atoms with Crippen molar-refractivity contribution in [3.05, 3.63) is 35.7 Å². The summed E-state index contributed by atoms with van der Waals surface area (Å²) in [5, 5.41) is 18.4. The van der Waals surface area contributed by atoms with Gasteiger partial charge in [-0.3, -0.25) is 4.68 Å². The fourth-order valence-electron chi connectivity index (χ4n) is 3.43. The van der Waals surface area contributed by atoms with Crippen molar-refractivity contribution < 1.29 is 4.74 Å². The van der Waals surface area contributed by atoms with Crippen molar-refractivity contribution in [2.24, 2.45) is 7.05 Å². The van der Waals surface area contributed by atoms with Crippen LogP contribution in [-0.4, -0.2) is 34.0 Å². The van der Waals surface area contributed by atoms with E-state index >= 15 is 0 Å². The van der Waals surface area contributed by atoms with Gasteiger partial charge in [-0.1, -0.05) is 19.6 Å². The van der Waals surface area contributed by atoms with Gasteiger partial charge < -0.3 is 14.6 Å². The predicted molar refractivity (Wildman–Crippen MR) is 117 cm³/mol. The van der Waals surface area contributed by atoms with Crippen molar-refractivity contribution in [3.63, 3.8) is 0 Å². The monoisotopic (exact) mass is 408 g/mol. The summed E-state index contributed by atoms with van der Waals surface area (Å²) in [4.78, 5) is 4.83. The second-order valence-corrected chi connectivity index (χ2v) is 14.7. The molecule has 7 nitrogen and oxygen atoms in total. The Balaban J connectivity index is 1.67. The number of nitrogens with one attached hydrogen (secondary N) is 1. The summed E-state index contributed by atoms with van der Waals surface area (Å²) in [5.74, 6) is 2.01. The van der Waals surface area contributed by atoms with E-state index in [9.17, 15) is 5.26 Å². The van der Waals surface area contributed by atoms with Crippen molar-refractivity contribution in [2.45, 2.75) is 51.2 Å². The van der Waals surface area contributed by atoms with Crippen LogP contribution >= 0.6 is 0 Å². The Morgan fingerprint density at radius 3 is 2.72 bits per heavy atom. The SMILES string of the molecule is Cn1ccc(Nc2cc(C3CC3)c3c(C#N)cn(COCC[Si](C)(C)C)c3n2)n1. The zero-order valence-corrected chi connectivity index (χ0v) is 18.6. The van der Waals surface area contributed by atoms with Gasteiger partial charge in [-0.2, -0.15) is 10.4 Å². The lowest BCUT2D eigenvalue weighted by molar-refractivity contribution is 0.0899. The lowest BCUT2D eigenvalue weighted by Crippen LogP contribution is -2.22. The zero-order chi connectivity index (χ0) is 20.6. The number of ether oxygens (including phenoxy) is 1. The highest BCUT2D eigenvalue weighted by Crippen LogP contribution is 2.45. The van der Waals surface area contributed by atoms with Crippen LogP contribution in [0.15, 0.2) is 24.5 Å². The standard InChI is InChI=1S/C21H28N6OSi/c1-26-8-7-18(25-26)23-19-11-17(15-5-6-15)20-16(12-22)13-27(21(20)24-19)14-28-9-10-29(2,3)4/h7-8,11,13,15H,5-6,9-10,14H2,1-4H3,(H,23,24,25). The average Bonchev–Trinajstić information content (AvgIpc) is 3.34. The van der Waals surface area contributed by atoms with E-state index in [0.717, 1.165) is 48.2 Å². The van der Waals surface area contributed by atoms with Crippen LogP contribution < -0.4 is 5.32 Å². The summed E-state index contributed by atoms with van der Waals surface area (Å²) in [7, 11) is 0.751. The maximum Gasteiger partial charge on any atom is 0.153 e. The number of fused-ring (bicyclic) bond motifs is 1. The van der Waals surface area contributed by atoms with E-state index in [1.165, 1.54) is 5.56 Å². The van der Waals surface area contributed by atoms with Crippen molar-refractivity contribution in [1.82, 2.24) is 19.3 Å². The van der Waals surface area contributed by atoms with Crippen LogP contribution in [0, 0.1) is 11.3 Å². The molecule has 1 saturated carbocycles. The summed E-state index contributed by atoms with van der Waals surface area (Å²) in [6.45, 7) is 8.17. The summed E-state index contributed by atoms with van der Waals surface area (Å²) in [6, 6.07) is 7.46. The molecule has 8 heteroatoms. The molecule has 152 valence electrons. The summed E-state index contributed by atoms with van der Waals surface area (Å²) >= 11 is 0. The molecule has 29 heavy (non-hydrogen) atoms. The molecule has 0 unspecified atom stereocenters. The first kappa shape index (κ1) is 19.7. The van der Waals surface area contributed by atoms with E-state index in [0.29, 0.717) is 18.2 Å². The number of nitriles is 1. The highest BCUT2D eigenvalue weighted by Gasteiger charge is 2.29. The minimum atomic E-state index is -1.14. The van der Waals surface area contributed by atoms with Crippen LogP contribution in [0.5, 0.6) is 0 Å². The maximum atomic E-state index is 9.71. The molecule has 1 fully saturated rings. The number of rotatable bonds is 8. The topological polar surface area (TPSA) is 80.7 Å². The second-order valence-electron chi connectivity index (χ2n) is 9.04. The quantitative estimate of drug-likeness (QED) is 0.436. The molecule has 0 saturated heterocycles. The Hall–Kier alpha value is -2.63. The predicted octanol–water partition coefficient (Wildman–Crippen LogP) is 4.57. The highest BCUT2D eigenvalue weighted by atomic mass is 28.3. The highest BCUT2D eigenvalue weighted by molar-refractivity contribution is 6.76. The molecule has 0 bridgehead atoms. The van der Waals surface area contributed by atoms with E-state index in [2.05, 4.69) is 42.2 Å². The lowest BCUT2D eigenvalue weighted by atomic mass is 10.1. The summed E-state index contributed by atoms with van der Waals surface area (Å²) < 4.78 is 9.67. The molecular weight excluding hydrogens is 380 g/mol. The third kappa shape index (κ3) is 4.52. The van der Waals surface area contributed by atoms with Crippen LogP contribution in [0.1, 0.15) is 29.9 Å². The lowest BCUT2D eigenvalue weighted by Gasteiger charge is -2.16. The fourth-order valence-corrected chi connectivity index (χ4v) is 4.19. The molecule has 0 aromatic carbocycles. The van der Waals surface area contributed by atoms with E-state index in [-0.39, 0.29) is 0 Å². The molecule has 0 spiro atoms. The Kier molecular flexibility index (Phi) is 5.19. The van der Waals surface area contributed by atoms with Crippen LogP contribution in [0.3, 0.4) is 0 Å². The molecule has 0 amide bonds. The van der Waals surface area contributed by atoms with Gasteiger partial charge >= 0.3 is 0 Å². The molecule has 1 aliphatic carbocycles. The summed E-state index contributed by atoms with van der Waals surface area (Å²) in [5.41, 5.74) is 2.68. The number of anilines is 2. The minimum absolute atomic E-state index is 0.410. The molecule has 4 rings (SSSR count).